The molecule has 1 aromatic carbocycles. The minimum absolute atomic E-state index is 0.249. The summed E-state index contributed by atoms with van der Waals surface area (Å²) in [7, 11) is 0. The second-order valence-electron chi connectivity index (χ2n) is 6.32. The molecule has 1 aliphatic heterocycles. The van der Waals surface area contributed by atoms with Gasteiger partial charge in [-0.25, -0.2) is 0 Å². The van der Waals surface area contributed by atoms with Crippen LogP contribution in [0.2, 0.25) is 0 Å². The molecular formula is C18H24N2O4. The second kappa shape index (κ2) is 7.47. The first kappa shape index (κ1) is 18.0. The standard InChI is InChI=1S/C18H24N2O4/c1-4-19(11-16(21)22)17(23)15-9-10-20(18(15)24)14-7-5-13(6-8-14)12(2)3/h5-8,12,15H,4,9-11H2,1-3H3,(H,21,22). The van der Waals surface area contributed by atoms with E-state index >= 15 is 0 Å². The summed E-state index contributed by atoms with van der Waals surface area (Å²) in [5, 5.41) is 8.88. The van der Waals surface area contributed by atoms with Crippen LogP contribution in [-0.4, -0.2) is 47.4 Å². The fraction of sp³-hybridized carbons (Fsp3) is 0.500. The zero-order valence-corrected chi connectivity index (χ0v) is 14.4. The summed E-state index contributed by atoms with van der Waals surface area (Å²) in [6.45, 7) is 6.29. The Bertz CT molecular complexity index is 624. The van der Waals surface area contributed by atoms with E-state index in [1.807, 2.05) is 24.3 Å². The number of hydrogen-bond donors (Lipinski definition) is 1. The van der Waals surface area contributed by atoms with Crippen molar-refractivity contribution in [3.05, 3.63) is 29.8 Å². The Hall–Kier alpha value is -2.37. The number of rotatable bonds is 6. The molecule has 0 radical (unpaired) electrons. The molecular weight excluding hydrogens is 308 g/mol. The smallest absolute Gasteiger partial charge is 0.323 e. The molecule has 1 aliphatic rings. The molecule has 1 heterocycles. The fourth-order valence-electron chi connectivity index (χ4n) is 2.93. The number of likely N-dealkylation sites (N-methyl/N-ethyl adjacent to an activating group) is 1. The third-order valence-corrected chi connectivity index (χ3v) is 4.39. The molecule has 0 saturated carbocycles. The van der Waals surface area contributed by atoms with E-state index in [0.717, 1.165) is 5.69 Å². The maximum Gasteiger partial charge on any atom is 0.323 e. The normalized spacial score (nSPS) is 17.4. The van der Waals surface area contributed by atoms with Gasteiger partial charge in [-0.05, 0) is 37.0 Å². The number of amides is 2. The van der Waals surface area contributed by atoms with Gasteiger partial charge in [-0.3, -0.25) is 14.4 Å². The highest BCUT2D eigenvalue weighted by atomic mass is 16.4. The van der Waals surface area contributed by atoms with Gasteiger partial charge in [-0.2, -0.15) is 0 Å². The van der Waals surface area contributed by atoms with Crippen molar-refractivity contribution in [2.24, 2.45) is 5.92 Å². The summed E-state index contributed by atoms with van der Waals surface area (Å²) in [4.78, 5) is 38.7. The highest BCUT2D eigenvalue weighted by Crippen LogP contribution is 2.28. The number of carbonyl (C=O) groups excluding carboxylic acids is 2. The van der Waals surface area contributed by atoms with E-state index in [2.05, 4.69) is 13.8 Å². The summed E-state index contributed by atoms with van der Waals surface area (Å²) in [6.07, 6.45) is 0.416. The first-order valence-electron chi connectivity index (χ1n) is 8.27. The van der Waals surface area contributed by atoms with Gasteiger partial charge in [0, 0.05) is 18.8 Å². The first-order chi connectivity index (χ1) is 11.3. The molecule has 2 amide bonds. The van der Waals surface area contributed by atoms with Crippen LogP contribution >= 0.6 is 0 Å². The number of carbonyl (C=O) groups is 3. The largest absolute Gasteiger partial charge is 0.480 e. The van der Waals surface area contributed by atoms with Crippen molar-refractivity contribution in [2.75, 3.05) is 24.5 Å². The first-order valence-corrected chi connectivity index (χ1v) is 8.27. The molecule has 1 fully saturated rings. The Labute approximate surface area is 142 Å². The molecule has 6 heteroatoms. The van der Waals surface area contributed by atoms with Crippen LogP contribution in [0.15, 0.2) is 24.3 Å². The van der Waals surface area contributed by atoms with Gasteiger partial charge in [0.25, 0.3) is 0 Å². The monoisotopic (exact) mass is 332 g/mol. The fourth-order valence-corrected chi connectivity index (χ4v) is 2.93. The summed E-state index contributed by atoms with van der Waals surface area (Å²) in [5.41, 5.74) is 1.97. The number of aliphatic carboxylic acids is 1. The van der Waals surface area contributed by atoms with E-state index in [4.69, 9.17) is 5.11 Å². The van der Waals surface area contributed by atoms with Crippen molar-refractivity contribution in [3.63, 3.8) is 0 Å². The van der Waals surface area contributed by atoms with E-state index in [9.17, 15) is 14.4 Å². The highest BCUT2D eigenvalue weighted by molar-refractivity contribution is 6.10. The number of anilines is 1. The lowest BCUT2D eigenvalue weighted by Crippen LogP contribution is -2.42. The quantitative estimate of drug-likeness (QED) is 0.809. The topological polar surface area (TPSA) is 77.9 Å². The Morgan fingerprint density at radius 2 is 1.92 bits per heavy atom. The van der Waals surface area contributed by atoms with Crippen molar-refractivity contribution >= 4 is 23.5 Å². The molecule has 0 aliphatic carbocycles. The molecule has 6 nitrogen and oxygen atoms in total. The number of benzene rings is 1. The summed E-state index contributed by atoms with van der Waals surface area (Å²) >= 11 is 0. The van der Waals surface area contributed by atoms with Crippen molar-refractivity contribution in [3.8, 4) is 0 Å². The Kier molecular flexibility index (Phi) is 5.59. The Morgan fingerprint density at radius 1 is 1.29 bits per heavy atom. The lowest BCUT2D eigenvalue weighted by Gasteiger charge is -2.22. The molecule has 0 aromatic heterocycles. The average molecular weight is 332 g/mol. The van der Waals surface area contributed by atoms with Crippen LogP contribution < -0.4 is 4.90 Å². The zero-order chi connectivity index (χ0) is 17.9. The van der Waals surface area contributed by atoms with Crippen molar-refractivity contribution < 1.29 is 19.5 Å². The van der Waals surface area contributed by atoms with E-state index < -0.39 is 17.8 Å². The van der Waals surface area contributed by atoms with Crippen LogP contribution in [0, 0.1) is 5.92 Å². The van der Waals surface area contributed by atoms with Gasteiger partial charge in [0.1, 0.15) is 12.5 Å². The van der Waals surface area contributed by atoms with Gasteiger partial charge < -0.3 is 14.9 Å². The minimum Gasteiger partial charge on any atom is -0.480 e. The molecule has 0 bridgehead atoms. The van der Waals surface area contributed by atoms with Gasteiger partial charge in [-0.1, -0.05) is 26.0 Å². The van der Waals surface area contributed by atoms with Crippen LogP contribution in [0.4, 0.5) is 5.69 Å². The molecule has 1 N–H and O–H groups in total. The second-order valence-corrected chi connectivity index (χ2v) is 6.32. The molecule has 1 unspecified atom stereocenters. The van der Waals surface area contributed by atoms with Crippen LogP contribution in [0.3, 0.4) is 0 Å². The van der Waals surface area contributed by atoms with Crippen molar-refractivity contribution in [1.82, 2.24) is 4.90 Å². The van der Waals surface area contributed by atoms with Gasteiger partial charge in [0.05, 0.1) is 0 Å². The van der Waals surface area contributed by atoms with Crippen LogP contribution in [0.25, 0.3) is 0 Å². The Balaban J connectivity index is 2.11. The maximum absolute atomic E-state index is 12.6. The molecule has 130 valence electrons. The van der Waals surface area contributed by atoms with E-state index in [0.29, 0.717) is 18.9 Å². The predicted molar refractivity (Wildman–Crippen MR) is 90.9 cm³/mol. The van der Waals surface area contributed by atoms with E-state index in [1.54, 1.807) is 11.8 Å². The van der Waals surface area contributed by atoms with E-state index in [1.165, 1.54) is 10.5 Å². The SMILES string of the molecule is CCN(CC(=O)O)C(=O)C1CCN(c2ccc(C(C)C)cc2)C1=O. The summed E-state index contributed by atoms with van der Waals surface area (Å²) < 4.78 is 0. The molecule has 2 rings (SSSR count). The third kappa shape index (κ3) is 3.75. The van der Waals surface area contributed by atoms with Crippen LogP contribution in [-0.2, 0) is 14.4 Å². The Morgan fingerprint density at radius 3 is 2.42 bits per heavy atom. The lowest BCUT2D eigenvalue weighted by atomic mass is 10.0. The van der Waals surface area contributed by atoms with Gasteiger partial charge in [0.15, 0.2) is 0 Å². The minimum atomic E-state index is -1.07. The molecule has 1 atom stereocenters. The van der Waals surface area contributed by atoms with Crippen molar-refractivity contribution in [1.29, 1.82) is 0 Å². The van der Waals surface area contributed by atoms with Crippen molar-refractivity contribution in [2.45, 2.75) is 33.1 Å². The predicted octanol–water partition coefficient (Wildman–Crippen LogP) is 2.10. The molecule has 0 spiro atoms. The van der Waals surface area contributed by atoms with Gasteiger partial charge in [-0.15, -0.1) is 0 Å². The summed E-state index contributed by atoms with van der Waals surface area (Å²) in [6, 6.07) is 7.78. The maximum atomic E-state index is 12.6. The number of carboxylic acid groups (broad SMARTS) is 1. The highest BCUT2D eigenvalue weighted by Gasteiger charge is 2.39. The number of hydrogen-bond acceptors (Lipinski definition) is 3. The number of carboxylic acids is 1. The van der Waals surface area contributed by atoms with Crippen LogP contribution in [0.1, 0.15) is 38.7 Å². The van der Waals surface area contributed by atoms with Gasteiger partial charge in [0.2, 0.25) is 11.8 Å². The molecule has 24 heavy (non-hydrogen) atoms. The molecule has 1 saturated heterocycles. The number of nitrogens with zero attached hydrogens (tertiary/aromatic N) is 2. The lowest BCUT2D eigenvalue weighted by molar-refractivity contribution is -0.147. The third-order valence-electron chi connectivity index (χ3n) is 4.39. The van der Waals surface area contributed by atoms with Gasteiger partial charge >= 0.3 is 5.97 Å². The summed E-state index contributed by atoms with van der Waals surface area (Å²) in [5.74, 6) is -2.09. The van der Waals surface area contributed by atoms with E-state index in [-0.39, 0.29) is 19.0 Å². The molecule has 1 aromatic rings. The average Bonchev–Trinajstić information content (AvgIpc) is 2.93. The zero-order valence-electron chi connectivity index (χ0n) is 14.4. The van der Waals surface area contributed by atoms with Crippen LogP contribution in [0.5, 0.6) is 0 Å².